The lowest BCUT2D eigenvalue weighted by molar-refractivity contribution is 0.0505. The molecule has 1 heterocycles. The van der Waals surface area contributed by atoms with Crippen LogP contribution in [0, 0.1) is 0 Å². The first-order valence-electron chi connectivity index (χ1n) is 10.3. The van der Waals surface area contributed by atoms with E-state index in [2.05, 4.69) is 21.2 Å². The topological polar surface area (TPSA) is 68.3 Å². The molecule has 160 valence electrons. The summed E-state index contributed by atoms with van der Waals surface area (Å²) in [5.41, 5.74) is 3.93. The minimum Gasteiger partial charge on any atom is -0.462 e. The number of esters is 1. The first kappa shape index (κ1) is 21.7. The number of ether oxygens (including phenoxy) is 1. The highest BCUT2D eigenvalue weighted by molar-refractivity contribution is 9.10. The third kappa shape index (κ3) is 4.86. The van der Waals surface area contributed by atoms with Crippen LogP contribution < -0.4 is 5.32 Å². The predicted octanol–water partition coefficient (Wildman–Crippen LogP) is 6.48. The van der Waals surface area contributed by atoms with Gasteiger partial charge in [-0.15, -0.1) is 0 Å². The van der Waals surface area contributed by atoms with E-state index in [4.69, 9.17) is 9.72 Å². The number of carbonyl (C=O) groups excluding carboxylic acids is 2. The average molecular weight is 489 g/mol. The van der Waals surface area contributed by atoms with Gasteiger partial charge in [0.15, 0.2) is 0 Å². The van der Waals surface area contributed by atoms with Gasteiger partial charge in [0, 0.05) is 21.1 Å². The molecule has 32 heavy (non-hydrogen) atoms. The van der Waals surface area contributed by atoms with Crippen LogP contribution in [0.3, 0.4) is 0 Å². The minimum atomic E-state index is -0.372. The Morgan fingerprint density at radius 3 is 2.50 bits per heavy atom. The summed E-state index contributed by atoms with van der Waals surface area (Å²) in [6.45, 7) is 2.32. The molecular weight excluding hydrogens is 468 g/mol. The van der Waals surface area contributed by atoms with Gasteiger partial charge in [0.25, 0.3) is 5.91 Å². The number of fused-ring (bicyclic) bond motifs is 1. The first-order chi connectivity index (χ1) is 15.5. The molecule has 0 aliphatic rings. The molecule has 4 rings (SSSR count). The molecule has 0 spiro atoms. The largest absolute Gasteiger partial charge is 0.462 e. The number of nitrogens with zero attached hydrogens (tertiary/aromatic N) is 1. The Labute approximate surface area is 194 Å². The summed E-state index contributed by atoms with van der Waals surface area (Å²) >= 11 is 3.49. The molecule has 0 saturated carbocycles. The van der Waals surface area contributed by atoms with Gasteiger partial charge >= 0.3 is 5.97 Å². The van der Waals surface area contributed by atoms with E-state index < -0.39 is 0 Å². The molecule has 0 aliphatic carbocycles. The number of rotatable bonds is 6. The molecule has 0 radical (unpaired) electrons. The van der Waals surface area contributed by atoms with Crippen molar-refractivity contribution in [3.8, 4) is 11.3 Å². The fourth-order valence-electron chi connectivity index (χ4n) is 3.33. The lowest BCUT2D eigenvalue weighted by atomic mass is 10.0. The first-order valence-corrected chi connectivity index (χ1v) is 11.1. The summed E-state index contributed by atoms with van der Waals surface area (Å²) in [5.74, 6) is -0.621. The van der Waals surface area contributed by atoms with Gasteiger partial charge in [-0.25, -0.2) is 9.78 Å². The number of nitrogens with one attached hydrogen (secondary N) is 1. The number of amides is 1. The summed E-state index contributed by atoms with van der Waals surface area (Å²) in [6.07, 6.45) is 0.766. The number of para-hydroxylation sites is 1. The second-order valence-electron chi connectivity index (χ2n) is 7.25. The van der Waals surface area contributed by atoms with E-state index in [1.165, 1.54) is 0 Å². The van der Waals surface area contributed by atoms with Gasteiger partial charge < -0.3 is 10.1 Å². The van der Waals surface area contributed by atoms with Crippen LogP contribution >= 0.6 is 15.9 Å². The van der Waals surface area contributed by atoms with E-state index in [9.17, 15) is 9.59 Å². The van der Waals surface area contributed by atoms with Gasteiger partial charge in [0.1, 0.15) is 0 Å². The van der Waals surface area contributed by atoms with E-state index in [1.54, 1.807) is 30.3 Å². The number of aromatic nitrogens is 1. The van der Waals surface area contributed by atoms with Gasteiger partial charge in [-0.3, -0.25) is 4.79 Å². The van der Waals surface area contributed by atoms with Crippen LogP contribution in [0.2, 0.25) is 0 Å². The molecule has 1 amide bonds. The van der Waals surface area contributed by atoms with Crippen molar-refractivity contribution in [2.45, 2.75) is 13.3 Å². The standard InChI is InChI=1S/C26H21BrN2O3/c1-2-14-32-26(31)17-10-12-20(13-11-17)28-25(30)22-16-24(18-6-5-7-19(27)15-18)29-23-9-4-3-8-21(22)23/h3-13,15-16H,2,14H2,1H3,(H,28,30). The second kappa shape index (κ2) is 9.75. The lowest BCUT2D eigenvalue weighted by Crippen LogP contribution is -2.13. The van der Waals surface area contributed by atoms with Crippen molar-refractivity contribution in [2.24, 2.45) is 0 Å². The zero-order valence-corrected chi connectivity index (χ0v) is 19.1. The summed E-state index contributed by atoms with van der Waals surface area (Å²) < 4.78 is 6.08. The van der Waals surface area contributed by atoms with Crippen molar-refractivity contribution in [1.82, 2.24) is 4.98 Å². The van der Waals surface area contributed by atoms with E-state index in [1.807, 2.05) is 55.5 Å². The number of hydrogen-bond acceptors (Lipinski definition) is 4. The zero-order chi connectivity index (χ0) is 22.5. The molecule has 4 aromatic rings. The van der Waals surface area contributed by atoms with Crippen LogP contribution in [0.15, 0.2) is 83.3 Å². The molecule has 1 N–H and O–H groups in total. The maximum atomic E-state index is 13.2. The van der Waals surface area contributed by atoms with Gasteiger partial charge in [0.05, 0.1) is 28.9 Å². The van der Waals surface area contributed by atoms with E-state index in [0.717, 1.165) is 27.4 Å². The van der Waals surface area contributed by atoms with E-state index >= 15 is 0 Å². The van der Waals surface area contributed by atoms with Crippen molar-refractivity contribution >= 4 is 44.4 Å². The van der Waals surface area contributed by atoms with Crippen LogP contribution in [0.5, 0.6) is 0 Å². The predicted molar refractivity (Wildman–Crippen MR) is 130 cm³/mol. The number of carbonyl (C=O) groups is 2. The van der Waals surface area contributed by atoms with Crippen LogP contribution in [-0.2, 0) is 4.74 Å². The Bertz CT molecular complexity index is 1290. The van der Waals surface area contributed by atoms with Crippen LogP contribution in [-0.4, -0.2) is 23.5 Å². The van der Waals surface area contributed by atoms with Crippen LogP contribution in [0.4, 0.5) is 5.69 Å². The number of hydrogen-bond donors (Lipinski definition) is 1. The number of pyridine rings is 1. The van der Waals surface area contributed by atoms with Gasteiger partial charge in [0.2, 0.25) is 0 Å². The van der Waals surface area contributed by atoms with Crippen molar-refractivity contribution in [3.05, 3.63) is 94.5 Å². The van der Waals surface area contributed by atoms with Crippen molar-refractivity contribution < 1.29 is 14.3 Å². The third-order valence-electron chi connectivity index (χ3n) is 4.90. The molecule has 0 fully saturated rings. The fraction of sp³-hybridized carbons (Fsp3) is 0.115. The number of anilines is 1. The van der Waals surface area contributed by atoms with E-state index in [-0.39, 0.29) is 11.9 Å². The van der Waals surface area contributed by atoms with Crippen molar-refractivity contribution in [1.29, 1.82) is 0 Å². The minimum absolute atomic E-state index is 0.249. The highest BCUT2D eigenvalue weighted by atomic mass is 79.9. The highest BCUT2D eigenvalue weighted by Crippen LogP contribution is 2.27. The molecule has 1 aromatic heterocycles. The molecule has 0 saturated heterocycles. The molecule has 0 aliphatic heterocycles. The molecule has 5 nitrogen and oxygen atoms in total. The molecule has 0 unspecified atom stereocenters. The van der Waals surface area contributed by atoms with Crippen molar-refractivity contribution in [3.63, 3.8) is 0 Å². The number of benzene rings is 3. The average Bonchev–Trinajstić information content (AvgIpc) is 2.82. The second-order valence-corrected chi connectivity index (χ2v) is 8.17. The molecule has 0 bridgehead atoms. The van der Waals surface area contributed by atoms with Gasteiger partial charge in [-0.2, -0.15) is 0 Å². The fourth-order valence-corrected chi connectivity index (χ4v) is 3.72. The Kier molecular flexibility index (Phi) is 6.61. The lowest BCUT2D eigenvalue weighted by Gasteiger charge is -2.11. The SMILES string of the molecule is CCCOC(=O)c1ccc(NC(=O)c2cc(-c3cccc(Br)c3)nc3ccccc23)cc1. The van der Waals surface area contributed by atoms with Gasteiger partial charge in [-0.05, 0) is 55.0 Å². The molecular formula is C26H21BrN2O3. The highest BCUT2D eigenvalue weighted by Gasteiger charge is 2.15. The molecule has 3 aromatic carbocycles. The Morgan fingerprint density at radius 1 is 0.969 bits per heavy atom. The quantitative estimate of drug-likeness (QED) is 0.315. The maximum Gasteiger partial charge on any atom is 0.338 e. The Morgan fingerprint density at radius 2 is 1.75 bits per heavy atom. The van der Waals surface area contributed by atoms with Crippen molar-refractivity contribution in [2.75, 3.05) is 11.9 Å². The normalized spacial score (nSPS) is 10.7. The van der Waals surface area contributed by atoms with Crippen LogP contribution in [0.25, 0.3) is 22.2 Å². The Hall–Kier alpha value is -3.51. The smallest absolute Gasteiger partial charge is 0.338 e. The molecule has 6 heteroatoms. The van der Waals surface area contributed by atoms with Gasteiger partial charge in [-0.1, -0.05) is 53.2 Å². The summed E-state index contributed by atoms with van der Waals surface area (Å²) in [5, 5.41) is 3.69. The maximum absolute atomic E-state index is 13.2. The Balaban J connectivity index is 1.64. The summed E-state index contributed by atoms with van der Waals surface area (Å²) in [4.78, 5) is 29.9. The monoisotopic (exact) mass is 488 g/mol. The summed E-state index contributed by atoms with van der Waals surface area (Å²) in [6, 6.07) is 23.8. The number of halogens is 1. The zero-order valence-electron chi connectivity index (χ0n) is 17.5. The van der Waals surface area contributed by atoms with Crippen LogP contribution in [0.1, 0.15) is 34.1 Å². The third-order valence-corrected chi connectivity index (χ3v) is 5.39. The molecule has 0 atom stereocenters. The summed E-state index contributed by atoms with van der Waals surface area (Å²) in [7, 11) is 0. The van der Waals surface area contributed by atoms with E-state index in [0.29, 0.717) is 29.1 Å².